The van der Waals surface area contributed by atoms with Gasteiger partial charge in [0, 0.05) is 16.4 Å². The van der Waals surface area contributed by atoms with Crippen LogP contribution in [0.1, 0.15) is 27.2 Å². The molecule has 3 rings (SSSR count). The van der Waals surface area contributed by atoms with E-state index in [4.69, 9.17) is 17.3 Å². The second-order valence-corrected chi connectivity index (χ2v) is 7.18. The Morgan fingerprint density at radius 1 is 1.10 bits per heavy atom. The van der Waals surface area contributed by atoms with Crippen LogP contribution >= 0.6 is 11.6 Å². The van der Waals surface area contributed by atoms with Crippen molar-refractivity contribution >= 4 is 40.6 Å². The Morgan fingerprint density at radius 2 is 1.79 bits per heavy atom. The van der Waals surface area contributed by atoms with E-state index in [2.05, 4.69) is 20.9 Å². The van der Waals surface area contributed by atoms with Crippen molar-refractivity contribution in [1.82, 2.24) is 15.0 Å². The Kier molecular flexibility index (Phi) is 5.84. The number of rotatable bonds is 5. The highest BCUT2D eigenvalue weighted by molar-refractivity contribution is 6.31. The average Bonchev–Trinajstić information content (AvgIpc) is 2.98. The van der Waals surface area contributed by atoms with Crippen LogP contribution in [0, 0.1) is 20.8 Å². The molecule has 1 aromatic heterocycles. The van der Waals surface area contributed by atoms with E-state index in [1.165, 1.54) is 4.68 Å². The van der Waals surface area contributed by atoms with Crippen molar-refractivity contribution in [2.75, 3.05) is 16.4 Å². The van der Waals surface area contributed by atoms with Crippen LogP contribution in [0.25, 0.3) is 0 Å². The fourth-order valence-electron chi connectivity index (χ4n) is 2.91. The molecule has 2 amide bonds. The molecular weight excluding hydrogens is 392 g/mol. The van der Waals surface area contributed by atoms with Crippen molar-refractivity contribution in [2.24, 2.45) is 0 Å². The lowest BCUT2D eigenvalue weighted by atomic mass is 10.1. The molecule has 9 heteroatoms. The fraction of sp³-hybridized carbons (Fsp3) is 0.200. The van der Waals surface area contributed by atoms with Crippen molar-refractivity contribution in [2.45, 2.75) is 27.3 Å². The molecule has 0 unspecified atom stereocenters. The summed E-state index contributed by atoms with van der Waals surface area (Å²) in [6.45, 7) is 5.51. The number of nitrogens with one attached hydrogen (secondary N) is 2. The predicted molar refractivity (Wildman–Crippen MR) is 113 cm³/mol. The number of anilines is 3. The highest BCUT2D eigenvalue weighted by atomic mass is 35.5. The molecule has 0 spiro atoms. The van der Waals surface area contributed by atoms with Crippen molar-refractivity contribution in [1.29, 1.82) is 0 Å². The summed E-state index contributed by atoms with van der Waals surface area (Å²) < 4.78 is 1.18. The van der Waals surface area contributed by atoms with Crippen LogP contribution in [0.2, 0.25) is 5.02 Å². The van der Waals surface area contributed by atoms with Gasteiger partial charge in [0.15, 0.2) is 11.5 Å². The first kappa shape index (κ1) is 20.3. The van der Waals surface area contributed by atoms with E-state index in [1.807, 2.05) is 32.0 Å². The zero-order valence-corrected chi connectivity index (χ0v) is 17.0. The van der Waals surface area contributed by atoms with E-state index >= 15 is 0 Å². The third-order valence-electron chi connectivity index (χ3n) is 4.30. The summed E-state index contributed by atoms with van der Waals surface area (Å²) in [6, 6.07) is 10.9. The number of aryl methyl sites for hydroxylation is 2. The number of hydrogen-bond donors (Lipinski definition) is 3. The van der Waals surface area contributed by atoms with Crippen LogP contribution in [0.5, 0.6) is 0 Å². The van der Waals surface area contributed by atoms with Gasteiger partial charge in [-0.15, -0.1) is 5.10 Å². The summed E-state index contributed by atoms with van der Waals surface area (Å²) >= 11 is 6.07. The molecule has 8 nitrogen and oxygen atoms in total. The second-order valence-electron chi connectivity index (χ2n) is 6.77. The van der Waals surface area contributed by atoms with Gasteiger partial charge < -0.3 is 16.4 Å². The van der Waals surface area contributed by atoms with E-state index in [-0.39, 0.29) is 24.0 Å². The lowest BCUT2D eigenvalue weighted by molar-refractivity contribution is -0.116. The molecule has 4 N–H and O–H groups in total. The number of benzene rings is 2. The summed E-state index contributed by atoms with van der Waals surface area (Å²) in [5, 5.41) is 13.7. The number of nitrogen functional groups attached to an aromatic ring is 1. The van der Waals surface area contributed by atoms with Crippen molar-refractivity contribution in [3.8, 4) is 0 Å². The van der Waals surface area contributed by atoms with Gasteiger partial charge in [0.25, 0.3) is 5.91 Å². The van der Waals surface area contributed by atoms with E-state index < -0.39 is 5.91 Å². The summed E-state index contributed by atoms with van der Waals surface area (Å²) in [5.41, 5.74) is 9.95. The van der Waals surface area contributed by atoms with Gasteiger partial charge in [-0.2, -0.15) is 0 Å². The van der Waals surface area contributed by atoms with Crippen LogP contribution in [-0.2, 0) is 11.3 Å². The molecule has 0 fully saturated rings. The molecule has 0 saturated carbocycles. The first-order chi connectivity index (χ1) is 13.7. The van der Waals surface area contributed by atoms with Gasteiger partial charge >= 0.3 is 0 Å². The van der Waals surface area contributed by atoms with Crippen molar-refractivity contribution in [3.05, 3.63) is 63.8 Å². The maximum atomic E-state index is 12.5. The number of hydrogen-bond acceptors (Lipinski definition) is 5. The second kappa shape index (κ2) is 8.32. The van der Waals surface area contributed by atoms with Gasteiger partial charge in [0.2, 0.25) is 5.91 Å². The summed E-state index contributed by atoms with van der Waals surface area (Å²) in [4.78, 5) is 24.9. The maximum Gasteiger partial charge on any atom is 0.280 e. The first-order valence-corrected chi connectivity index (χ1v) is 9.26. The zero-order chi connectivity index (χ0) is 21.1. The van der Waals surface area contributed by atoms with Gasteiger partial charge in [-0.05, 0) is 61.7 Å². The van der Waals surface area contributed by atoms with Crippen LogP contribution in [0.4, 0.5) is 17.2 Å². The average molecular weight is 413 g/mol. The molecule has 0 aliphatic rings. The number of nitrogens with two attached hydrogens (primary N) is 1. The molecule has 0 bridgehead atoms. The van der Waals surface area contributed by atoms with E-state index in [0.29, 0.717) is 16.4 Å². The molecule has 29 heavy (non-hydrogen) atoms. The molecule has 0 radical (unpaired) electrons. The molecule has 2 aromatic carbocycles. The number of aromatic nitrogens is 3. The Morgan fingerprint density at radius 3 is 2.48 bits per heavy atom. The van der Waals surface area contributed by atoms with Crippen LogP contribution in [0.15, 0.2) is 36.4 Å². The summed E-state index contributed by atoms with van der Waals surface area (Å²) in [7, 11) is 0. The van der Waals surface area contributed by atoms with Gasteiger partial charge in [-0.1, -0.05) is 28.9 Å². The Hall–Kier alpha value is -3.39. The molecule has 0 atom stereocenters. The smallest absolute Gasteiger partial charge is 0.280 e. The molecular formula is C20H21ClN6O2. The van der Waals surface area contributed by atoms with Gasteiger partial charge in [0.1, 0.15) is 6.54 Å². The fourth-order valence-corrected chi connectivity index (χ4v) is 3.08. The minimum atomic E-state index is -0.533. The van der Waals surface area contributed by atoms with Gasteiger partial charge in [-0.25, -0.2) is 4.68 Å². The van der Waals surface area contributed by atoms with E-state index in [1.54, 1.807) is 25.1 Å². The number of carbonyl (C=O) groups is 2. The molecule has 1 heterocycles. The number of halogens is 1. The van der Waals surface area contributed by atoms with Gasteiger partial charge in [-0.3, -0.25) is 9.59 Å². The van der Waals surface area contributed by atoms with Gasteiger partial charge in [0.05, 0.1) is 0 Å². The Bertz CT molecular complexity index is 1070. The quantitative estimate of drug-likeness (QED) is 0.594. The lowest BCUT2D eigenvalue weighted by Gasteiger charge is -2.09. The zero-order valence-electron chi connectivity index (χ0n) is 16.3. The monoisotopic (exact) mass is 412 g/mol. The summed E-state index contributed by atoms with van der Waals surface area (Å²) in [5.74, 6) is -0.865. The third kappa shape index (κ3) is 4.72. The molecule has 0 aliphatic carbocycles. The Balaban J connectivity index is 1.70. The van der Waals surface area contributed by atoms with E-state index in [9.17, 15) is 9.59 Å². The first-order valence-electron chi connectivity index (χ1n) is 8.88. The van der Waals surface area contributed by atoms with Crippen molar-refractivity contribution in [3.63, 3.8) is 0 Å². The number of amides is 2. The largest absolute Gasteiger partial charge is 0.382 e. The highest BCUT2D eigenvalue weighted by Crippen LogP contribution is 2.24. The maximum absolute atomic E-state index is 12.5. The SMILES string of the molecule is Cc1cc(C)cc(NC(=O)Cn2nnc(C(=O)Nc3cccc(Cl)c3C)c2N)c1. The highest BCUT2D eigenvalue weighted by Gasteiger charge is 2.20. The lowest BCUT2D eigenvalue weighted by Crippen LogP contribution is -2.21. The molecule has 0 aliphatic heterocycles. The third-order valence-corrected chi connectivity index (χ3v) is 4.71. The summed E-state index contributed by atoms with van der Waals surface area (Å²) in [6.07, 6.45) is 0. The molecule has 3 aromatic rings. The minimum absolute atomic E-state index is 0.00208. The van der Waals surface area contributed by atoms with E-state index in [0.717, 1.165) is 16.7 Å². The van der Waals surface area contributed by atoms with Crippen LogP contribution < -0.4 is 16.4 Å². The predicted octanol–water partition coefficient (Wildman–Crippen LogP) is 3.33. The Labute approximate surface area is 173 Å². The van der Waals surface area contributed by atoms with Crippen molar-refractivity contribution < 1.29 is 9.59 Å². The van der Waals surface area contributed by atoms with Crippen LogP contribution in [-0.4, -0.2) is 26.8 Å². The number of carbonyl (C=O) groups excluding carboxylic acids is 2. The topological polar surface area (TPSA) is 115 Å². The standard InChI is InChI=1S/C20H21ClN6O2/c1-11-7-12(2)9-14(8-11)23-17(28)10-27-19(22)18(25-26-27)20(29)24-16-6-4-5-15(21)13(16)3/h4-9H,10,22H2,1-3H3,(H,23,28)(H,24,29). The minimum Gasteiger partial charge on any atom is -0.382 e. The van der Waals surface area contributed by atoms with Crippen LogP contribution in [0.3, 0.4) is 0 Å². The molecule has 150 valence electrons. The normalized spacial score (nSPS) is 10.6. The molecule has 0 saturated heterocycles. The number of nitrogens with zero attached hydrogens (tertiary/aromatic N) is 3.